The van der Waals surface area contributed by atoms with Gasteiger partial charge in [0.2, 0.25) is 0 Å². The highest BCUT2D eigenvalue weighted by Gasteiger charge is 2.24. The van der Waals surface area contributed by atoms with E-state index in [2.05, 4.69) is 26.0 Å². The zero-order chi connectivity index (χ0) is 22.2. The lowest BCUT2D eigenvalue weighted by Gasteiger charge is -2.22. The number of ether oxygens (including phenoxy) is 1. The Hall–Kier alpha value is -3.72. The van der Waals surface area contributed by atoms with Crippen LogP contribution in [0.25, 0.3) is 0 Å². The number of hydrogen-bond acceptors (Lipinski definition) is 6. The van der Waals surface area contributed by atoms with Crippen LogP contribution in [0.5, 0.6) is 0 Å². The van der Waals surface area contributed by atoms with E-state index in [-0.39, 0.29) is 23.5 Å². The Bertz CT molecular complexity index is 1030. The molecule has 0 aliphatic carbocycles. The second kappa shape index (κ2) is 10.5. The fraction of sp³-hybridized carbons (Fsp3) is 0.304. The third kappa shape index (κ3) is 5.50. The molecule has 1 atom stereocenters. The first-order valence-electron chi connectivity index (χ1n) is 10.7. The van der Waals surface area contributed by atoms with Gasteiger partial charge in [0.25, 0.3) is 11.8 Å². The van der Waals surface area contributed by atoms with Crippen molar-refractivity contribution in [2.45, 2.75) is 25.5 Å². The quantitative estimate of drug-likeness (QED) is 0.470. The van der Waals surface area contributed by atoms with Crippen LogP contribution in [0.2, 0.25) is 0 Å². The summed E-state index contributed by atoms with van der Waals surface area (Å²) in [4.78, 5) is 29.5. The zero-order valence-electron chi connectivity index (χ0n) is 17.7. The maximum absolute atomic E-state index is 12.9. The second-order valence-corrected chi connectivity index (χ2v) is 7.41. The molecule has 1 fully saturated rings. The predicted octanol–water partition coefficient (Wildman–Crippen LogP) is 3.07. The number of nitrogens with zero attached hydrogens (tertiary/aromatic N) is 3. The number of rotatable bonds is 8. The molecule has 3 N–H and O–H groups in total. The molecule has 3 aromatic rings. The number of hydrogen-bond donors (Lipinski definition) is 3. The molecule has 3 heterocycles. The molecular formula is C23H26N6O3. The number of carbonyl (C=O) groups excluding carboxylic acids is 2. The molecule has 9 nitrogen and oxygen atoms in total. The minimum absolute atomic E-state index is 0.142. The molecule has 0 saturated carbocycles. The van der Waals surface area contributed by atoms with Gasteiger partial charge >= 0.3 is 0 Å². The predicted molar refractivity (Wildman–Crippen MR) is 121 cm³/mol. The van der Waals surface area contributed by atoms with Gasteiger partial charge in [0.1, 0.15) is 11.9 Å². The van der Waals surface area contributed by atoms with Crippen LogP contribution in [0.4, 0.5) is 11.4 Å². The molecule has 9 heteroatoms. The summed E-state index contributed by atoms with van der Waals surface area (Å²) in [6.45, 7) is 1.60. The minimum atomic E-state index is -0.408. The summed E-state index contributed by atoms with van der Waals surface area (Å²) in [5.74, 6) is -0.778. The Kier molecular flexibility index (Phi) is 7.08. The van der Waals surface area contributed by atoms with Crippen molar-refractivity contribution in [2.24, 2.45) is 0 Å². The SMILES string of the molecule is O=C(Nc1cn(C2CCCCO2)nc1C(=O)NCCNc1ccccc1)c1ccccn1. The topological polar surface area (TPSA) is 110 Å². The molecule has 166 valence electrons. The highest BCUT2D eigenvalue weighted by molar-refractivity contribution is 6.07. The van der Waals surface area contributed by atoms with Gasteiger partial charge in [-0.05, 0) is 43.5 Å². The van der Waals surface area contributed by atoms with E-state index in [4.69, 9.17) is 4.74 Å². The summed E-state index contributed by atoms with van der Waals surface area (Å²) in [6.07, 6.45) is 5.76. The van der Waals surface area contributed by atoms with Gasteiger partial charge in [-0.15, -0.1) is 0 Å². The molecule has 2 amide bonds. The molecule has 4 rings (SSSR count). The Balaban J connectivity index is 1.45. The van der Waals surface area contributed by atoms with E-state index in [1.54, 1.807) is 35.3 Å². The Morgan fingerprint density at radius 2 is 1.88 bits per heavy atom. The standard InChI is InChI=1S/C23H26N6O3/c30-22(18-10-4-6-12-25-18)27-19-16-29(20-11-5-7-15-32-20)28-21(19)23(31)26-14-13-24-17-8-2-1-3-9-17/h1-4,6,8-10,12,16,20,24H,5,7,11,13-15H2,(H,26,31)(H,27,30). The van der Waals surface area contributed by atoms with Crippen LogP contribution in [0.15, 0.2) is 60.9 Å². The van der Waals surface area contributed by atoms with Crippen LogP contribution in [-0.2, 0) is 4.74 Å². The van der Waals surface area contributed by atoms with Gasteiger partial charge in [-0.3, -0.25) is 14.6 Å². The summed E-state index contributed by atoms with van der Waals surface area (Å²) in [6, 6.07) is 14.8. The second-order valence-electron chi connectivity index (χ2n) is 7.41. The maximum Gasteiger partial charge on any atom is 0.274 e. The van der Waals surface area contributed by atoms with E-state index in [1.807, 2.05) is 30.3 Å². The van der Waals surface area contributed by atoms with Crippen molar-refractivity contribution < 1.29 is 14.3 Å². The number of para-hydroxylation sites is 1. The van der Waals surface area contributed by atoms with Gasteiger partial charge < -0.3 is 20.7 Å². The van der Waals surface area contributed by atoms with Gasteiger partial charge in [0.15, 0.2) is 5.69 Å². The van der Waals surface area contributed by atoms with Gasteiger partial charge in [-0.1, -0.05) is 24.3 Å². The molecular weight excluding hydrogens is 408 g/mol. The maximum atomic E-state index is 12.9. The van der Waals surface area contributed by atoms with Crippen LogP contribution in [0.3, 0.4) is 0 Å². The number of benzene rings is 1. The lowest BCUT2D eigenvalue weighted by Crippen LogP contribution is -2.30. The molecule has 1 saturated heterocycles. The van der Waals surface area contributed by atoms with E-state index in [1.165, 1.54) is 0 Å². The largest absolute Gasteiger partial charge is 0.383 e. The van der Waals surface area contributed by atoms with Crippen LogP contribution in [0, 0.1) is 0 Å². The Morgan fingerprint density at radius 1 is 1.03 bits per heavy atom. The lowest BCUT2D eigenvalue weighted by molar-refractivity contribution is -0.0395. The molecule has 1 unspecified atom stereocenters. The van der Waals surface area contributed by atoms with Gasteiger partial charge in [0.05, 0.1) is 11.9 Å². The number of aromatic nitrogens is 3. The number of amides is 2. The highest BCUT2D eigenvalue weighted by atomic mass is 16.5. The molecule has 2 aromatic heterocycles. The first-order chi connectivity index (χ1) is 15.7. The van der Waals surface area contributed by atoms with Crippen molar-refractivity contribution in [2.75, 3.05) is 30.3 Å². The lowest BCUT2D eigenvalue weighted by atomic mass is 10.2. The average molecular weight is 435 g/mol. The first-order valence-corrected chi connectivity index (χ1v) is 10.7. The summed E-state index contributed by atoms with van der Waals surface area (Å²) < 4.78 is 7.40. The van der Waals surface area contributed by atoms with E-state index >= 15 is 0 Å². The molecule has 32 heavy (non-hydrogen) atoms. The van der Waals surface area contributed by atoms with Crippen LogP contribution in [-0.4, -0.2) is 46.3 Å². The van der Waals surface area contributed by atoms with Crippen molar-refractivity contribution >= 4 is 23.2 Å². The van der Waals surface area contributed by atoms with E-state index in [0.717, 1.165) is 24.9 Å². The van der Waals surface area contributed by atoms with E-state index in [9.17, 15) is 9.59 Å². The van der Waals surface area contributed by atoms with Crippen LogP contribution in [0.1, 0.15) is 46.5 Å². The van der Waals surface area contributed by atoms with Crippen molar-refractivity contribution in [1.29, 1.82) is 0 Å². The van der Waals surface area contributed by atoms with Crippen molar-refractivity contribution in [3.63, 3.8) is 0 Å². The average Bonchev–Trinajstić information content (AvgIpc) is 3.27. The van der Waals surface area contributed by atoms with Crippen molar-refractivity contribution in [3.8, 4) is 0 Å². The number of carbonyl (C=O) groups is 2. The first kappa shape index (κ1) is 21.5. The fourth-order valence-corrected chi connectivity index (χ4v) is 3.44. The van der Waals surface area contributed by atoms with Crippen LogP contribution < -0.4 is 16.0 Å². The fourth-order valence-electron chi connectivity index (χ4n) is 3.44. The van der Waals surface area contributed by atoms with Crippen LogP contribution >= 0.6 is 0 Å². The number of nitrogens with one attached hydrogen (secondary N) is 3. The third-order valence-corrected chi connectivity index (χ3v) is 5.06. The highest BCUT2D eigenvalue weighted by Crippen LogP contribution is 2.25. The summed E-state index contributed by atoms with van der Waals surface area (Å²) in [7, 11) is 0. The molecule has 1 aliphatic heterocycles. The third-order valence-electron chi connectivity index (χ3n) is 5.06. The Morgan fingerprint density at radius 3 is 2.62 bits per heavy atom. The van der Waals surface area contributed by atoms with Crippen molar-refractivity contribution in [3.05, 3.63) is 72.3 Å². The summed E-state index contributed by atoms with van der Waals surface area (Å²) in [5, 5.41) is 13.3. The Labute approximate surface area is 186 Å². The summed E-state index contributed by atoms with van der Waals surface area (Å²) in [5.41, 5.74) is 1.70. The molecule has 0 radical (unpaired) electrons. The number of pyridine rings is 1. The molecule has 1 aromatic carbocycles. The van der Waals surface area contributed by atoms with Gasteiger partial charge in [0, 0.05) is 31.6 Å². The molecule has 0 bridgehead atoms. The minimum Gasteiger partial charge on any atom is -0.383 e. The number of anilines is 2. The normalized spacial score (nSPS) is 15.7. The summed E-state index contributed by atoms with van der Waals surface area (Å²) >= 11 is 0. The van der Waals surface area contributed by atoms with E-state index in [0.29, 0.717) is 25.4 Å². The van der Waals surface area contributed by atoms with Gasteiger partial charge in [-0.2, -0.15) is 5.10 Å². The van der Waals surface area contributed by atoms with Crippen molar-refractivity contribution in [1.82, 2.24) is 20.1 Å². The zero-order valence-corrected chi connectivity index (χ0v) is 17.7. The smallest absolute Gasteiger partial charge is 0.274 e. The molecule has 1 aliphatic rings. The van der Waals surface area contributed by atoms with Gasteiger partial charge in [-0.25, -0.2) is 4.68 Å². The monoisotopic (exact) mass is 434 g/mol. The molecule has 0 spiro atoms. The van der Waals surface area contributed by atoms with E-state index < -0.39 is 5.91 Å².